The molecular weight excluding hydrogens is 378 g/mol. The molecule has 0 aliphatic carbocycles. The van der Waals surface area contributed by atoms with Crippen LogP contribution in [0.5, 0.6) is 5.75 Å². The molecule has 3 aromatic carbocycles. The van der Waals surface area contributed by atoms with Crippen molar-refractivity contribution in [1.29, 1.82) is 0 Å². The molecular formula is C21H21NO3S2. The van der Waals surface area contributed by atoms with Crippen molar-refractivity contribution >= 4 is 27.5 Å². The minimum atomic E-state index is -3.64. The molecule has 0 saturated carbocycles. The zero-order valence-corrected chi connectivity index (χ0v) is 16.8. The third-order valence-electron chi connectivity index (χ3n) is 4.05. The van der Waals surface area contributed by atoms with Crippen LogP contribution < -0.4 is 9.46 Å². The molecule has 27 heavy (non-hydrogen) atoms. The van der Waals surface area contributed by atoms with Gasteiger partial charge in [0.15, 0.2) is 0 Å². The number of hydrogen-bond donors (Lipinski definition) is 1. The van der Waals surface area contributed by atoms with Crippen LogP contribution in [-0.2, 0) is 15.8 Å². The molecule has 0 atom stereocenters. The fourth-order valence-corrected chi connectivity index (χ4v) is 4.57. The molecule has 0 aromatic heterocycles. The maximum absolute atomic E-state index is 12.6. The van der Waals surface area contributed by atoms with Crippen LogP contribution in [-0.4, -0.2) is 15.5 Å². The summed E-state index contributed by atoms with van der Waals surface area (Å²) in [5, 5.41) is 0. The molecule has 0 saturated heterocycles. The van der Waals surface area contributed by atoms with Crippen molar-refractivity contribution < 1.29 is 13.2 Å². The molecule has 3 rings (SSSR count). The highest BCUT2D eigenvalue weighted by Crippen LogP contribution is 2.26. The van der Waals surface area contributed by atoms with Crippen LogP contribution in [0.15, 0.2) is 82.6 Å². The predicted molar refractivity (Wildman–Crippen MR) is 111 cm³/mol. The molecule has 1 N–H and O–H groups in total. The zero-order chi connectivity index (χ0) is 19.3. The van der Waals surface area contributed by atoms with Crippen LogP contribution in [0, 0.1) is 6.92 Å². The van der Waals surface area contributed by atoms with E-state index in [0.717, 1.165) is 16.9 Å². The third-order valence-corrected chi connectivity index (χ3v) is 6.52. The van der Waals surface area contributed by atoms with E-state index < -0.39 is 10.0 Å². The highest BCUT2D eigenvalue weighted by atomic mass is 32.2. The number of methoxy groups -OCH3 is 1. The second-order valence-corrected chi connectivity index (χ2v) is 8.76. The van der Waals surface area contributed by atoms with Crippen molar-refractivity contribution in [3.05, 3.63) is 83.9 Å². The number of nitrogens with one attached hydrogen (secondary N) is 1. The Morgan fingerprint density at radius 3 is 2.30 bits per heavy atom. The van der Waals surface area contributed by atoms with E-state index in [9.17, 15) is 8.42 Å². The number of aryl methyl sites for hydroxylation is 1. The molecule has 0 spiro atoms. The summed E-state index contributed by atoms with van der Waals surface area (Å²) in [5.41, 5.74) is 2.62. The van der Waals surface area contributed by atoms with Crippen molar-refractivity contribution in [2.75, 3.05) is 11.8 Å². The first-order valence-electron chi connectivity index (χ1n) is 8.42. The van der Waals surface area contributed by atoms with E-state index in [1.165, 1.54) is 17.0 Å². The fraction of sp³-hybridized carbons (Fsp3) is 0.143. The summed E-state index contributed by atoms with van der Waals surface area (Å²) < 4.78 is 32.9. The van der Waals surface area contributed by atoms with Gasteiger partial charge in [-0.2, -0.15) is 0 Å². The maximum Gasteiger partial charge on any atom is 0.261 e. The zero-order valence-electron chi connectivity index (χ0n) is 15.2. The Morgan fingerprint density at radius 1 is 0.963 bits per heavy atom. The largest absolute Gasteiger partial charge is 0.497 e. The van der Waals surface area contributed by atoms with Gasteiger partial charge in [-0.15, -0.1) is 11.8 Å². The van der Waals surface area contributed by atoms with Crippen LogP contribution in [0.1, 0.15) is 11.1 Å². The first-order valence-corrected chi connectivity index (χ1v) is 10.9. The summed E-state index contributed by atoms with van der Waals surface area (Å²) in [6, 6.07) is 22.3. The summed E-state index contributed by atoms with van der Waals surface area (Å²) in [5.74, 6) is 1.45. The van der Waals surface area contributed by atoms with Crippen LogP contribution in [0.2, 0.25) is 0 Å². The molecule has 0 unspecified atom stereocenters. The number of thioether (sulfide) groups is 1. The molecule has 0 bridgehead atoms. The Kier molecular flexibility index (Phi) is 6.08. The minimum absolute atomic E-state index is 0.200. The van der Waals surface area contributed by atoms with E-state index in [-0.39, 0.29) is 4.90 Å². The highest BCUT2D eigenvalue weighted by molar-refractivity contribution is 7.98. The smallest absolute Gasteiger partial charge is 0.261 e. The van der Waals surface area contributed by atoms with Crippen molar-refractivity contribution in [3.8, 4) is 5.75 Å². The lowest BCUT2D eigenvalue weighted by Crippen LogP contribution is -2.13. The number of benzene rings is 3. The van der Waals surface area contributed by atoms with Gasteiger partial charge in [0.25, 0.3) is 10.0 Å². The number of sulfonamides is 1. The molecule has 4 nitrogen and oxygen atoms in total. The molecule has 0 heterocycles. The van der Waals surface area contributed by atoms with Crippen molar-refractivity contribution in [2.45, 2.75) is 22.5 Å². The first-order chi connectivity index (χ1) is 13.0. The Hall–Kier alpha value is -2.44. The molecule has 140 valence electrons. The van der Waals surface area contributed by atoms with Gasteiger partial charge >= 0.3 is 0 Å². The lowest BCUT2D eigenvalue weighted by atomic mass is 10.1. The minimum Gasteiger partial charge on any atom is -0.497 e. The fourth-order valence-electron chi connectivity index (χ4n) is 2.57. The number of anilines is 1. The van der Waals surface area contributed by atoms with Gasteiger partial charge in [0.05, 0.1) is 17.7 Å². The van der Waals surface area contributed by atoms with Crippen LogP contribution in [0.3, 0.4) is 0 Å². The van der Waals surface area contributed by atoms with Gasteiger partial charge in [-0.3, -0.25) is 4.72 Å². The lowest BCUT2D eigenvalue weighted by Gasteiger charge is -2.12. The van der Waals surface area contributed by atoms with Gasteiger partial charge in [0.2, 0.25) is 0 Å². The summed E-state index contributed by atoms with van der Waals surface area (Å²) in [7, 11) is -2.10. The summed E-state index contributed by atoms with van der Waals surface area (Å²) in [6.07, 6.45) is 0. The molecule has 0 radical (unpaired) electrons. The third kappa shape index (κ3) is 5.05. The summed E-state index contributed by atoms with van der Waals surface area (Å²) >= 11 is 1.75. The van der Waals surface area contributed by atoms with Gasteiger partial charge < -0.3 is 4.74 Å². The van der Waals surface area contributed by atoms with Gasteiger partial charge in [0, 0.05) is 10.6 Å². The standard InChI is InChI=1S/C21H21NO3S2/c1-16-14-17(15-26-19-6-4-3-5-7-19)8-13-21(16)22-27(23,24)20-11-9-18(25-2)10-12-20/h3-14,22H,15H2,1-2H3. The molecule has 0 fully saturated rings. The Bertz CT molecular complexity index is 1000. The van der Waals surface area contributed by atoms with E-state index >= 15 is 0 Å². The molecule has 0 aliphatic rings. The van der Waals surface area contributed by atoms with E-state index in [2.05, 4.69) is 16.9 Å². The van der Waals surface area contributed by atoms with Crippen LogP contribution in [0.25, 0.3) is 0 Å². The summed E-state index contributed by atoms with van der Waals surface area (Å²) in [6.45, 7) is 1.91. The van der Waals surface area contributed by atoms with Crippen molar-refractivity contribution in [2.24, 2.45) is 0 Å². The molecule has 0 aliphatic heterocycles. The number of rotatable bonds is 7. The number of ether oxygens (including phenoxy) is 1. The Balaban J connectivity index is 1.71. The molecule has 6 heteroatoms. The number of hydrogen-bond acceptors (Lipinski definition) is 4. The van der Waals surface area contributed by atoms with Gasteiger partial charge in [-0.1, -0.05) is 30.3 Å². The predicted octanol–water partition coefficient (Wildman–Crippen LogP) is 5.10. The first kappa shape index (κ1) is 19.3. The molecule has 3 aromatic rings. The second kappa shape index (κ2) is 8.50. The van der Waals surface area contributed by atoms with E-state index in [1.807, 2.05) is 43.3 Å². The normalized spacial score (nSPS) is 11.2. The van der Waals surface area contributed by atoms with Crippen molar-refractivity contribution in [3.63, 3.8) is 0 Å². The lowest BCUT2D eigenvalue weighted by molar-refractivity contribution is 0.414. The van der Waals surface area contributed by atoms with Crippen molar-refractivity contribution in [1.82, 2.24) is 0 Å². The molecule has 0 amide bonds. The SMILES string of the molecule is COc1ccc(S(=O)(=O)Nc2ccc(CSc3ccccc3)cc2C)cc1. The average molecular weight is 400 g/mol. The highest BCUT2D eigenvalue weighted by Gasteiger charge is 2.15. The van der Waals surface area contributed by atoms with E-state index in [4.69, 9.17) is 4.74 Å². The Morgan fingerprint density at radius 2 is 1.67 bits per heavy atom. The second-order valence-electron chi connectivity index (χ2n) is 6.03. The van der Waals surface area contributed by atoms with Crippen LogP contribution >= 0.6 is 11.8 Å². The van der Waals surface area contributed by atoms with Gasteiger partial charge in [-0.25, -0.2) is 8.42 Å². The maximum atomic E-state index is 12.6. The topological polar surface area (TPSA) is 55.4 Å². The quantitative estimate of drug-likeness (QED) is 0.562. The monoisotopic (exact) mass is 399 g/mol. The van der Waals surface area contributed by atoms with Crippen LogP contribution in [0.4, 0.5) is 5.69 Å². The van der Waals surface area contributed by atoms with Gasteiger partial charge in [0.1, 0.15) is 5.75 Å². The van der Waals surface area contributed by atoms with E-state index in [0.29, 0.717) is 11.4 Å². The summed E-state index contributed by atoms with van der Waals surface area (Å²) in [4.78, 5) is 1.41. The van der Waals surface area contributed by atoms with E-state index in [1.54, 1.807) is 31.0 Å². The average Bonchev–Trinajstić information content (AvgIpc) is 2.69. The Labute approximate surface area is 164 Å². The van der Waals surface area contributed by atoms with Gasteiger partial charge in [-0.05, 0) is 60.5 Å².